The van der Waals surface area contributed by atoms with Crippen molar-refractivity contribution in [3.05, 3.63) is 72.0 Å². The number of hydrogen-bond acceptors (Lipinski definition) is 12. The van der Waals surface area contributed by atoms with Crippen molar-refractivity contribution in [2.45, 2.75) is 82.8 Å². The van der Waals surface area contributed by atoms with Gasteiger partial charge >= 0.3 is 32.3 Å². The van der Waals surface area contributed by atoms with Gasteiger partial charge in [0.15, 0.2) is 0 Å². The molecule has 0 radical (unpaired) electrons. The number of quaternary nitrogens is 1. The van der Waals surface area contributed by atoms with Crippen molar-refractivity contribution >= 4 is 38.3 Å². The summed E-state index contributed by atoms with van der Waals surface area (Å²) in [7, 11) is -9.76. The lowest BCUT2D eigenvalue weighted by Crippen LogP contribution is -2.59. The van der Waals surface area contributed by atoms with Crippen LogP contribution in [0.3, 0.4) is 0 Å². The zero-order valence-corrected chi connectivity index (χ0v) is 33.0. The van der Waals surface area contributed by atoms with E-state index in [0.29, 0.717) is 17.6 Å². The quantitative estimate of drug-likeness (QED) is 0.0653. The number of benzene rings is 2. The third-order valence-corrected chi connectivity index (χ3v) is 11.0. The van der Waals surface area contributed by atoms with Gasteiger partial charge in [0.1, 0.15) is 52.2 Å². The standard InChI is InChI=1S/C35H50N5O11S2/c1-9-40(33(42)50-35(6,7)8,24-26-15-17-39(18-16-26)32(41)49-34(3,4)5)52(43,44)29-13-10-11-14-30(29)53(45,46)51-28-22-25(2)21-27(23-28)47-19-12-20-48-38-31(36)37/h10-11,13-17,21-23H,9,12,18-20,24H2,1-8H3,(H4,36,37,38)/q+1. The maximum absolute atomic E-state index is 14.8. The summed E-state index contributed by atoms with van der Waals surface area (Å²) in [5.41, 5.74) is 9.57. The molecule has 1 aliphatic heterocycles. The molecule has 0 aromatic heterocycles. The highest BCUT2D eigenvalue weighted by Gasteiger charge is 2.54. The highest BCUT2D eigenvalue weighted by molar-refractivity contribution is 7.90. The molecule has 0 fully saturated rings. The predicted molar refractivity (Wildman–Crippen MR) is 197 cm³/mol. The SMILES string of the molecule is CC[N+](CC1=CCN(C(=O)OC(C)(C)C)C=C1)(C(=O)OC(C)(C)C)S(=O)(=O)c1ccccc1S(=O)(=O)Oc1cc(C)cc(OCCCON=C(N)N)c1. The van der Waals surface area contributed by atoms with Crippen molar-refractivity contribution < 1.29 is 53.5 Å². The molecule has 292 valence electrons. The van der Waals surface area contributed by atoms with E-state index in [1.54, 1.807) is 60.6 Å². The van der Waals surface area contributed by atoms with Crippen LogP contribution in [0.25, 0.3) is 0 Å². The van der Waals surface area contributed by atoms with Crippen molar-refractivity contribution in [2.75, 3.05) is 32.8 Å². The van der Waals surface area contributed by atoms with Gasteiger partial charge in [-0.1, -0.05) is 18.2 Å². The van der Waals surface area contributed by atoms with E-state index in [1.807, 2.05) is 0 Å². The van der Waals surface area contributed by atoms with Crippen LogP contribution >= 0.6 is 0 Å². The van der Waals surface area contributed by atoms with Crippen LogP contribution in [0.4, 0.5) is 9.59 Å². The number of aryl methyl sites for hydroxylation is 1. The molecule has 2 aromatic carbocycles. The summed E-state index contributed by atoms with van der Waals surface area (Å²) in [5, 5.41) is 3.42. The summed E-state index contributed by atoms with van der Waals surface area (Å²) in [4.78, 5) is 31.5. The molecule has 1 aliphatic rings. The number of carbonyl (C=O) groups is 2. The average molecular weight is 781 g/mol. The summed E-state index contributed by atoms with van der Waals surface area (Å²) < 4.78 is 78.4. The van der Waals surface area contributed by atoms with E-state index < -0.39 is 63.8 Å². The first-order valence-corrected chi connectivity index (χ1v) is 19.6. The number of carbonyl (C=O) groups excluding carboxylic acids is 2. The summed E-state index contributed by atoms with van der Waals surface area (Å²) in [6.07, 6.45) is 3.18. The summed E-state index contributed by atoms with van der Waals surface area (Å²) in [5.74, 6) is -0.0823. The minimum atomic E-state index is -4.92. The molecule has 4 N–H and O–H groups in total. The molecule has 53 heavy (non-hydrogen) atoms. The van der Waals surface area contributed by atoms with Gasteiger partial charge in [-0.2, -0.15) is 21.6 Å². The number of ether oxygens (including phenoxy) is 3. The van der Waals surface area contributed by atoms with E-state index in [1.165, 1.54) is 48.4 Å². The van der Waals surface area contributed by atoms with Gasteiger partial charge in [-0.25, -0.2) is 4.79 Å². The Kier molecular flexibility index (Phi) is 13.6. The minimum absolute atomic E-state index is 0.0333. The number of likely N-dealkylation sites (N-methyl/N-ethyl adjacent to an activating group) is 1. The fraction of sp³-hybridized carbons (Fsp3) is 0.457. The van der Waals surface area contributed by atoms with Gasteiger partial charge in [0.25, 0.3) is 0 Å². The molecule has 2 amide bonds. The second kappa shape index (κ2) is 16.9. The van der Waals surface area contributed by atoms with Gasteiger partial charge in [0, 0.05) is 30.8 Å². The Balaban J connectivity index is 2.00. The van der Waals surface area contributed by atoms with Crippen molar-refractivity contribution in [3.63, 3.8) is 0 Å². The largest absolute Gasteiger partial charge is 0.532 e. The number of nitrogens with two attached hydrogens (primary N) is 2. The number of nitrogens with zero attached hydrogens (tertiary/aromatic N) is 3. The van der Waals surface area contributed by atoms with Crippen molar-refractivity contribution in [1.29, 1.82) is 0 Å². The molecule has 18 heteroatoms. The number of guanidine groups is 1. The van der Waals surface area contributed by atoms with Crippen molar-refractivity contribution in [1.82, 2.24) is 4.90 Å². The van der Waals surface area contributed by atoms with Gasteiger partial charge in [-0.15, -0.1) is 3.89 Å². The second-order valence-corrected chi connectivity index (χ2v) is 17.7. The van der Waals surface area contributed by atoms with E-state index in [2.05, 4.69) is 5.16 Å². The van der Waals surface area contributed by atoms with Crippen LogP contribution in [0.15, 0.2) is 81.3 Å². The highest BCUT2D eigenvalue weighted by Crippen LogP contribution is 2.35. The minimum Gasteiger partial charge on any atom is -0.493 e. The third kappa shape index (κ3) is 11.6. The van der Waals surface area contributed by atoms with Crippen LogP contribution in [0.5, 0.6) is 11.5 Å². The molecule has 0 saturated heterocycles. The first-order valence-electron chi connectivity index (χ1n) is 16.7. The Morgan fingerprint density at radius 2 is 1.53 bits per heavy atom. The van der Waals surface area contributed by atoms with E-state index in [0.717, 1.165) is 12.1 Å². The summed E-state index contributed by atoms with van der Waals surface area (Å²) in [6.45, 7) is 12.7. The topological polar surface area (TPSA) is 216 Å². The van der Waals surface area contributed by atoms with E-state index in [4.69, 9.17) is 34.7 Å². The fourth-order valence-electron chi connectivity index (χ4n) is 4.91. The van der Waals surface area contributed by atoms with Crippen LogP contribution in [0.2, 0.25) is 0 Å². The number of sulfonamides is 1. The lowest BCUT2D eigenvalue weighted by Gasteiger charge is -2.35. The Labute approximate surface area is 311 Å². The molecular weight excluding hydrogens is 731 g/mol. The molecule has 0 spiro atoms. The first-order chi connectivity index (χ1) is 24.5. The molecule has 16 nitrogen and oxygen atoms in total. The van der Waals surface area contributed by atoms with Gasteiger partial charge in [-0.05, 0) is 96.5 Å². The normalized spacial score (nSPS) is 14.7. The number of rotatable bonds is 14. The third-order valence-electron chi connectivity index (χ3n) is 7.23. The molecular formula is C35H50N5O11S2+. The van der Waals surface area contributed by atoms with Crippen LogP contribution in [-0.4, -0.2) is 87.8 Å². The molecule has 2 aromatic rings. The smallest absolute Gasteiger partial charge is 0.493 e. The molecule has 1 unspecified atom stereocenters. The Morgan fingerprint density at radius 1 is 0.906 bits per heavy atom. The van der Waals surface area contributed by atoms with Crippen molar-refractivity contribution in [2.24, 2.45) is 16.6 Å². The molecule has 3 rings (SSSR count). The molecule has 0 aliphatic carbocycles. The van der Waals surface area contributed by atoms with Gasteiger partial charge in [0.2, 0.25) is 5.96 Å². The summed E-state index contributed by atoms with van der Waals surface area (Å²) >= 11 is 0. The number of amides is 2. The Bertz CT molecular complexity index is 1960. The van der Waals surface area contributed by atoms with Crippen molar-refractivity contribution in [3.8, 4) is 11.5 Å². The average Bonchev–Trinajstić information content (AvgIpc) is 3.03. The van der Waals surface area contributed by atoms with Crippen LogP contribution in [0.1, 0.15) is 60.5 Å². The monoisotopic (exact) mass is 780 g/mol. The first kappa shape index (κ1) is 42.6. The van der Waals surface area contributed by atoms with E-state index in [9.17, 15) is 26.4 Å². The Morgan fingerprint density at radius 3 is 2.09 bits per heavy atom. The molecule has 0 bridgehead atoms. The maximum atomic E-state index is 14.8. The molecule has 1 atom stereocenters. The fourth-order valence-corrected chi connectivity index (χ4v) is 8.37. The predicted octanol–water partition coefficient (Wildman–Crippen LogP) is 4.89. The van der Waals surface area contributed by atoms with Gasteiger partial charge in [0.05, 0.1) is 6.61 Å². The highest BCUT2D eigenvalue weighted by atomic mass is 32.2. The lowest BCUT2D eigenvalue weighted by atomic mass is 10.1. The number of hydrogen-bond donors (Lipinski definition) is 2. The van der Waals surface area contributed by atoms with E-state index >= 15 is 0 Å². The second-order valence-electron chi connectivity index (χ2n) is 14.1. The van der Waals surface area contributed by atoms with Crippen LogP contribution < -0.4 is 20.4 Å². The van der Waals surface area contributed by atoms with Crippen LogP contribution in [-0.2, 0) is 34.5 Å². The Hall–Kier alpha value is -4.81. The lowest BCUT2D eigenvalue weighted by molar-refractivity contribution is -0.724. The van der Waals surface area contributed by atoms with E-state index in [-0.39, 0.29) is 43.8 Å². The summed E-state index contributed by atoms with van der Waals surface area (Å²) in [6, 6.07) is 9.32. The van der Waals surface area contributed by atoms with Crippen LogP contribution in [0, 0.1) is 6.92 Å². The number of oxime groups is 1. The maximum Gasteiger partial charge on any atom is 0.532 e. The molecule has 1 heterocycles. The zero-order valence-electron chi connectivity index (χ0n) is 31.3. The molecule has 0 saturated carbocycles. The zero-order chi connectivity index (χ0) is 39.8. The van der Waals surface area contributed by atoms with Gasteiger partial charge in [-0.3, -0.25) is 4.90 Å². The van der Waals surface area contributed by atoms with Gasteiger partial charge < -0.3 is 34.7 Å².